The SMILES string of the molecule is COCCN1C(=O)C(=O)/C(=C(/O)c2ccc(S(=O)(=O)N(C)C)cc2)C1c1cc(OC)c(OC)c(OC)c1. The van der Waals surface area contributed by atoms with E-state index in [9.17, 15) is 23.1 Å². The van der Waals surface area contributed by atoms with Crippen molar-refractivity contribution in [3.8, 4) is 17.2 Å². The Hall–Kier alpha value is -3.61. The lowest BCUT2D eigenvalue weighted by Gasteiger charge is -2.26. The maximum atomic E-state index is 13.2. The molecule has 1 saturated heterocycles. The fourth-order valence-corrected chi connectivity index (χ4v) is 4.96. The highest BCUT2D eigenvalue weighted by molar-refractivity contribution is 7.89. The Morgan fingerprint density at radius 1 is 0.973 bits per heavy atom. The molecular weight excluding hydrogens is 504 g/mol. The molecule has 3 rings (SSSR count). The zero-order valence-electron chi connectivity index (χ0n) is 21.5. The summed E-state index contributed by atoms with van der Waals surface area (Å²) in [5.74, 6) is -1.24. The molecule has 0 radical (unpaired) electrons. The average Bonchev–Trinajstić information content (AvgIpc) is 3.15. The molecule has 1 aliphatic rings. The van der Waals surface area contributed by atoms with Gasteiger partial charge in [-0.15, -0.1) is 0 Å². The Kier molecular flexibility index (Phi) is 8.46. The fourth-order valence-electron chi connectivity index (χ4n) is 4.06. The summed E-state index contributed by atoms with van der Waals surface area (Å²) in [6.45, 7) is 0.213. The second-order valence-electron chi connectivity index (χ2n) is 8.26. The number of likely N-dealkylation sites (tertiary alicyclic amines) is 1. The van der Waals surface area contributed by atoms with Crippen molar-refractivity contribution in [1.82, 2.24) is 9.21 Å². The van der Waals surface area contributed by atoms with Crippen LogP contribution >= 0.6 is 0 Å². The van der Waals surface area contributed by atoms with Gasteiger partial charge in [0.2, 0.25) is 15.8 Å². The Morgan fingerprint density at radius 2 is 1.54 bits per heavy atom. The lowest BCUT2D eigenvalue weighted by molar-refractivity contribution is -0.140. The van der Waals surface area contributed by atoms with Crippen LogP contribution in [-0.4, -0.2) is 90.1 Å². The Morgan fingerprint density at radius 3 is 2.00 bits per heavy atom. The number of Topliss-reactive ketones (excluding diaryl/α,β-unsaturated/α-hetero) is 1. The van der Waals surface area contributed by atoms with Gasteiger partial charge in [-0.3, -0.25) is 9.59 Å². The number of ether oxygens (including phenoxy) is 4. The summed E-state index contributed by atoms with van der Waals surface area (Å²) in [5.41, 5.74) is 0.427. The number of amides is 1. The molecule has 0 bridgehead atoms. The third kappa shape index (κ3) is 5.13. The largest absolute Gasteiger partial charge is 0.507 e. The lowest BCUT2D eigenvalue weighted by Crippen LogP contribution is -2.32. The van der Waals surface area contributed by atoms with Crippen molar-refractivity contribution in [2.24, 2.45) is 0 Å². The summed E-state index contributed by atoms with van der Waals surface area (Å²) in [7, 11) is 4.90. The third-order valence-corrected chi connectivity index (χ3v) is 7.81. The number of benzene rings is 2. The van der Waals surface area contributed by atoms with Crippen LogP contribution in [0.5, 0.6) is 17.2 Å². The average molecular weight is 535 g/mol. The van der Waals surface area contributed by atoms with Crippen LogP contribution in [0.15, 0.2) is 46.9 Å². The Labute approximate surface area is 215 Å². The zero-order valence-corrected chi connectivity index (χ0v) is 22.3. The van der Waals surface area contributed by atoms with Gasteiger partial charge in [0, 0.05) is 33.3 Å². The normalized spacial score (nSPS) is 17.4. The van der Waals surface area contributed by atoms with Gasteiger partial charge in [0.15, 0.2) is 11.5 Å². The van der Waals surface area contributed by atoms with Gasteiger partial charge in [0.05, 0.1) is 44.4 Å². The summed E-state index contributed by atoms with van der Waals surface area (Å²) in [5, 5.41) is 11.2. The number of hydrogen-bond donors (Lipinski definition) is 1. The van der Waals surface area contributed by atoms with Crippen LogP contribution in [0.3, 0.4) is 0 Å². The molecule has 1 atom stereocenters. The highest BCUT2D eigenvalue weighted by Gasteiger charge is 2.46. The molecular formula is C25H30N2O9S. The topological polar surface area (TPSA) is 132 Å². The third-order valence-electron chi connectivity index (χ3n) is 5.99. The first-order valence-electron chi connectivity index (χ1n) is 11.1. The highest BCUT2D eigenvalue weighted by atomic mass is 32.2. The molecule has 37 heavy (non-hydrogen) atoms. The molecule has 11 nitrogen and oxygen atoms in total. The Bertz CT molecular complexity index is 1290. The summed E-state index contributed by atoms with van der Waals surface area (Å²) < 4.78 is 47.3. The van der Waals surface area contributed by atoms with Crippen molar-refractivity contribution in [3.05, 3.63) is 53.1 Å². The zero-order chi connectivity index (χ0) is 27.5. The van der Waals surface area contributed by atoms with Crippen LogP contribution in [-0.2, 0) is 24.3 Å². The molecule has 2 aromatic rings. The van der Waals surface area contributed by atoms with Crippen molar-refractivity contribution in [1.29, 1.82) is 0 Å². The van der Waals surface area contributed by atoms with Gasteiger partial charge < -0.3 is 29.0 Å². The molecule has 200 valence electrons. The van der Waals surface area contributed by atoms with Gasteiger partial charge in [-0.05, 0) is 42.0 Å². The van der Waals surface area contributed by atoms with E-state index in [-0.39, 0.29) is 29.2 Å². The molecule has 0 spiro atoms. The van der Waals surface area contributed by atoms with Gasteiger partial charge in [0.25, 0.3) is 11.7 Å². The minimum absolute atomic E-state index is 0.00998. The van der Waals surface area contributed by atoms with Gasteiger partial charge >= 0.3 is 0 Å². The van der Waals surface area contributed by atoms with E-state index >= 15 is 0 Å². The first-order chi connectivity index (χ1) is 17.5. The number of carbonyl (C=O) groups excluding carboxylic acids is 2. The number of carbonyl (C=O) groups is 2. The summed E-state index contributed by atoms with van der Waals surface area (Å²) in [4.78, 5) is 27.5. The van der Waals surface area contributed by atoms with E-state index in [1.165, 1.54) is 71.7 Å². The number of aliphatic hydroxyl groups is 1. The highest BCUT2D eigenvalue weighted by Crippen LogP contribution is 2.45. The second kappa shape index (κ2) is 11.2. The fraction of sp³-hybridized carbons (Fsp3) is 0.360. The van der Waals surface area contributed by atoms with E-state index in [0.717, 1.165) is 4.31 Å². The van der Waals surface area contributed by atoms with Crippen LogP contribution in [0.1, 0.15) is 17.2 Å². The Balaban J connectivity index is 2.23. The molecule has 1 amide bonds. The smallest absolute Gasteiger partial charge is 0.295 e. The van der Waals surface area contributed by atoms with Crippen LogP contribution in [0, 0.1) is 0 Å². The van der Waals surface area contributed by atoms with E-state index in [4.69, 9.17) is 18.9 Å². The number of nitrogens with zero attached hydrogens (tertiary/aromatic N) is 2. The minimum atomic E-state index is -3.70. The molecule has 1 aliphatic heterocycles. The number of sulfonamides is 1. The monoisotopic (exact) mass is 534 g/mol. The van der Waals surface area contributed by atoms with E-state index in [2.05, 4.69) is 0 Å². The first-order valence-corrected chi connectivity index (χ1v) is 12.6. The predicted octanol–water partition coefficient (Wildman–Crippen LogP) is 2.03. The van der Waals surface area contributed by atoms with Crippen molar-refractivity contribution >= 4 is 27.5 Å². The number of hydrogen-bond acceptors (Lipinski definition) is 9. The first kappa shape index (κ1) is 28.0. The van der Waals surface area contributed by atoms with Crippen LogP contribution < -0.4 is 14.2 Å². The van der Waals surface area contributed by atoms with E-state index < -0.39 is 33.5 Å². The molecule has 1 N–H and O–H groups in total. The summed E-state index contributed by atoms with van der Waals surface area (Å²) in [6.07, 6.45) is 0. The van der Waals surface area contributed by atoms with Crippen molar-refractivity contribution < 1.29 is 42.1 Å². The van der Waals surface area contributed by atoms with Gasteiger partial charge in [0.1, 0.15) is 5.76 Å². The lowest BCUT2D eigenvalue weighted by atomic mass is 9.94. The van der Waals surface area contributed by atoms with Crippen molar-refractivity contribution in [2.45, 2.75) is 10.9 Å². The molecule has 1 heterocycles. The predicted molar refractivity (Wildman–Crippen MR) is 134 cm³/mol. The van der Waals surface area contributed by atoms with Crippen molar-refractivity contribution in [3.63, 3.8) is 0 Å². The maximum Gasteiger partial charge on any atom is 0.295 e. The van der Waals surface area contributed by atoms with E-state index in [0.29, 0.717) is 22.8 Å². The molecule has 0 aliphatic carbocycles. The number of ketones is 1. The van der Waals surface area contributed by atoms with Crippen molar-refractivity contribution in [2.75, 3.05) is 55.7 Å². The molecule has 0 saturated carbocycles. The van der Waals surface area contributed by atoms with Gasteiger partial charge in [-0.1, -0.05) is 0 Å². The quantitative estimate of drug-likeness (QED) is 0.276. The maximum absolute atomic E-state index is 13.2. The number of methoxy groups -OCH3 is 4. The summed E-state index contributed by atoms with van der Waals surface area (Å²) >= 11 is 0. The van der Waals surface area contributed by atoms with Crippen LogP contribution in [0.25, 0.3) is 5.76 Å². The number of rotatable bonds is 10. The van der Waals surface area contributed by atoms with E-state index in [1.807, 2.05) is 0 Å². The van der Waals surface area contributed by atoms with Crippen LogP contribution in [0.4, 0.5) is 0 Å². The second-order valence-corrected chi connectivity index (χ2v) is 10.4. The van der Waals surface area contributed by atoms with Gasteiger partial charge in [-0.2, -0.15) is 0 Å². The van der Waals surface area contributed by atoms with Crippen LogP contribution in [0.2, 0.25) is 0 Å². The minimum Gasteiger partial charge on any atom is -0.507 e. The molecule has 2 aromatic carbocycles. The molecule has 1 unspecified atom stereocenters. The molecule has 0 aromatic heterocycles. The molecule has 1 fully saturated rings. The van der Waals surface area contributed by atoms with E-state index in [1.54, 1.807) is 12.1 Å². The molecule has 12 heteroatoms. The standard InChI is InChI=1S/C25H30N2O9S/c1-26(2)37(31,32)17-9-7-15(8-10-17)22(28)20-21(27(11-12-33-3)25(30)23(20)29)16-13-18(34-4)24(36-6)19(14-16)35-5/h7-10,13-14,21,28H,11-12H2,1-6H3/b22-20+. The summed E-state index contributed by atoms with van der Waals surface area (Å²) in [6, 6.07) is 7.57. The van der Waals surface area contributed by atoms with Gasteiger partial charge in [-0.25, -0.2) is 12.7 Å². The number of aliphatic hydroxyl groups excluding tert-OH is 1.